The molecule has 2 atom stereocenters. The number of amides is 2. The Morgan fingerprint density at radius 3 is 1.81 bits per heavy atom. The summed E-state index contributed by atoms with van der Waals surface area (Å²) in [4.78, 5) is 32.9. The van der Waals surface area contributed by atoms with Gasteiger partial charge >= 0.3 is 0 Å². The molecule has 4 N–H and O–H groups in total. The van der Waals surface area contributed by atoms with Gasteiger partial charge in [-0.25, -0.2) is 22.6 Å². The van der Waals surface area contributed by atoms with E-state index in [1.54, 1.807) is 5.01 Å². The molecule has 2 rings (SSSR count). The second kappa shape index (κ2) is 16.9. The molecule has 0 aromatic rings. The predicted molar refractivity (Wildman–Crippen MR) is 111 cm³/mol. The van der Waals surface area contributed by atoms with Gasteiger partial charge in [0.05, 0.1) is 36.8 Å². The summed E-state index contributed by atoms with van der Waals surface area (Å²) in [7, 11) is 0. The zero-order valence-corrected chi connectivity index (χ0v) is 17.3. The first-order valence-electron chi connectivity index (χ1n) is 9.42. The Morgan fingerprint density at radius 1 is 0.935 bits per heavy atom. The lowest BCUT2D eigenvalue weighted by atomic mass is 9.98. The van der Waals surface area contributed by atoms with Crippen LogP contribution in [0.1, 0.15) is 33.1 Å². The molecule has 0 aromatic carbocycles. The Balaban J connectivity index is 0. The van der Waals surface area contributed by atoms with E-state index in [1.165, 1.54) is 5.01 Å². The zero-order chi connectivity index (χ0) is 21.8. The van der Waals surface area contributed by atoms with Crippen LogP contribution >= 0.6 is 12.4 Å². The fraction of sp³-hybridized carbons (Fsp3) is 0.882. The molecule has 2 saturated heterocycles. The Kier molecular flexibility index (Phi) is 17.1. The highest BCUT2D eigenvalue weighted by Gasteiger charge is 2.26. The van der Waals surface area contributed by atoms with Crippen molar-refractivity contribution < 1.29 is 27.2 Å². The van der Waals surface area contributed by atoms with E-state index in [4.69, 9.17) is 5.84 Å². The van der Waals surface area contributed by atoms with E-state index in [2.05, 4.69) is 15.9 Å². The van der Waals surface area contributed by atoms with E-state index >= 15 is 0 Å². The lowest BCUT2D eigenvalue weighted by Gasteiger charge is -2.28. The van der Waals surface area contributed by atoms with E-state index in [-0.39, 0.29) is 38.2 Å². The first kappa shape index (κ1) is 31.5. The number of carbonyl (C=O) groups is 2. The molecule has 0 aliphatic carbocycles. The Labute approximate surface area is 185 Å². The van der Waals surface area contributed by atoms with Gasteiger partial charge in [-0.05, 0) is 25.7 Å². The maximum atomic E-state index is 11.8. The van der Waals surface area contributed by atoms with Crippen LogP contribution in [-0.4, -0.2) is 74.0 Å². The van der Waals surface area contributed by atoms with Crippen LogP contribution in [0.2, 0.25) is 0 Å². The van der Waals surface area contributed by atoms with E-state index in [0.717, 1.165) is 19.4 Å². The second-order valence-electron chi connectivity index (χ2n) is 6.94. The van der Waals surface area contributed by atoms with Gasteiger partial charge in [-0.15, -0.1) is 17.3 Å². The van der Waals surface area contributed by atoms with Gasteiger partial charge in [0.25, 0.3) is 12.9 Å². The lowest BCUT2D eigenvalue weighted by Crippen LogP contribution is -2.46. The third-order valence-electron chi connectivity index (χ3n) is 4.57. The summed E-state index contributed by atoms with van der Waals surface area (Å²) in [5.74, 6) is 4.13. The van der Waals surface area contributed by atoms with Crippen molar-refractivity contribution in [2.45, 2.75) is 46.0 Å². The summed E-state index contributed by atoms with van der Waals surface area (Å²) in [6, 6.07) is 0. The monoisotopic (exact) mass is 480 g/mol. The molecule has 9 nitrogen and oxygen atoms in total. The predicted octanol–water partition coefficient (Wildman–Crippen LogP) is 1.77. The molecule has 14 heteroatoms. The molecule has 0 aromatic heterocycles. The van der Waals surface area contributed by atoms with Gasteiger partial charge in [-0.2, -0.15) is 0 Å². The number of nitroso groups, excluding NO2 is 1. The van der Waals surface area contributed by atoms with Crippen LogP contribution in [0.25, 0.3) is 0 Å². The van der Waals surface area contributed by atoms with Gasteiger partial charge < -0.3 is 10.6 Å². The second-order valence-corrected chi connectivity index (χ2v) is 6.94. The molecule has 2 aliphatic rings. The maximum Gasteiger partial charge on any atom is 0.255 e. The van der Waals surface area contributed by atoms with Crippen molar-refractivity contribution in [2.24, 2.45) is 23.0 Å². The number of piperidine rings is 2. The third kappa shape index (κ3) is 13.3. The van der Waals surface area contributed by atoms with Gasteiger partial charge in [0.2, 0.25) is 11.8 Å². The zero-order valence-electron chi connectivity index (χ0n) is 16.4. The summed E-state index contributed by atoms with van der Waals surface area (Å²) < 4.78 is 47.2. The van der Waals surface area contributed by atoms with E-state index in [0.29, 0.717) is 25.9 Å². The Hall–Kier alpha value is -1.73. The number of alkyl halides is 4. The fourth-order valence-electron chi connectivity index (χ4n) is 3.11. The number of hydrogen-bond acceptors (Lipinski definition) is 6. The molecular weight excluding hydrogens is 448 g/mol. The van der Waals surface area contributed by atoms with E-state index in [1.807, 2.05) is 0 Å². The van der Waals surface area contributed by atoms with Crippen molar-refractivity contribution in [3.8, 4) is 0 Å². The molecular formula is C17H33ClF4N6O3. The molecule has 0 unspecified atom stereocenters. The normalized spacial score (nSPS) is 21.2. The molecule has 2 heterocycles. The number of nitrogens with one attached hydrogen (secondary N) is 2. The lowest BCUT2D eigenvalue weighted by molar-refractivity contribution is -0.128. The van der Waals surface area contributed by atoms with Crippen molar-refractivity contribution in [1.29, 1.82) is 0 Å². The molecule has 2 fully saturated rings. The highest BCUT2D eigenvalue weighted by Crippen LogP contribution is 2.16. The van der Waals surface area contributed by atoms with Crippen molar-refractivity contribution >= 4 is 24.2 Å². The molecule has 184 valence electrons. The average molecular weight is 481 g/mol. The van der Waals surface area contributed by atoms with Gasteiger partial charge in [-0.1, -0.05) is 7.43 Å². The van der Waals surface area contributed by atoms with Gasteiger partial charge in [0, 0.05) is 19.6 Å². The highest BCUT2D eigenvalue weighted by atomic mass is 35.5. The van der Waals surface area contributed by atoms with E-state index < -0.39 is 37.8 Å². The molecule has 0 radical (unpaired) electrons. The average Bonchev–Trinajstić information content (AvgIpc) is 2.70. The molecule has 0 spiro atoms. The summed E-state index contributed by atoms with van der Waals surface area (Å²) in [5.41, 5.74) is 0. The maximum absolute atomic E-state index is 11.8. The first-order chi connectivity index (χ1) is 13.7. The molecule has 2 amide bonds. The summed E-state index contributed by atoms with van der Waals surface area (Å²) in [6.07, 6.45) is -2.18. The highest BCUT2D eigenvalue weighted by molar-refractivity contribution is 5.85. The topological polar surface area (TPSA) is 120 Å². The molecule has 0 bridgehead atoms. The van der Waals surface area contributed by atoms with Crippen LogP contribution in [0.15, 0.2) is 5.29 Å². The molecule has 0 saturated carbocycles. The van der Waals surface area contributed by atoms with Gasteiger partial charge in [0.15, 0.2) is 0 Å². The molecule has 2 aliphatic heterocycles. The minimum Gasteiger partial charge on any atom is -0.350 e. The third-order valence-corrected chi connectivity index (χ3v) is 4.57. The van der Waals surface area contributed by atoms with Crippen molar-refractivity contribution in [2.75, 3.05) is 39.3 Å². The smallest absolute Gasteiger partial charge is 0.255 e. The number of halogens is 5. The van der Waals surface area contributed by atoms with Crippen LogP contribution < -0.4 is 16.5 Å². The van der Waals surface area contributed by atoms with Gasteiger partial charge in [0.1, 0.15) is 0 Å². The summed E-state index contributed by atoms with van der Waals surface area (Å²) in [5, 5.41) is 9.87. The van der Waals surface area contributed by atoms with Crippen LogP contribution in [0, 0.1) is 16.7 Å². The minimum absolute atomic E-state index is 0. The van der Waals surface area contributed by atoms with Crippen LogP contribution in [-0.2, 0) is 9.59 Å². The van der Waals surface area contributed by atoms with Crippen LogP contribution in [0.3, 0.4) is 0 Å². The fourth-order valence-corrected chi connectivity index (χ4v) is 3.11. The number of carbonyl (C=O) groups excluding carboxylic acids is 2. The molecule has 31 heavy (non-hydrogen) atoms. The van der Waals surface area contributed by atoms with Crippen molar-refractivity contribution in [1.82, 2.24) is 20.7 Å². The van der Waals surface area contributed by atoms with Crippen LogP contribution in [0.5, 0.6) is 0 Å². The Morgan fingerprint density at radius 2 is 1.39 bits per heavy atom. The number of rotatable bonds is 7. The van der Waals surface area contributed by atoms with Crippen molar-refractivity contribution in [3.63, 3.8) is 0 Å². The number of hydrogen-bond donors (Lipinski definition) is 3. The number of nitrogens with zero attached hydrogens (tertiary/aromatic N) is 3. The van der Waals surface area contributed by atoms with E-state index in [9.17, 15) is 32.1 Å². The standard InChI is InChI=1S/C8H13F2N3O2.C8H15F2N3O.CH4.ClH/c9-7(10)4-11-8(14)6-2-1-3-13(5-6)12-15;9-7(10)4-12-8(14)6-2-1-3-13(11)5-6;;/h6-7H,1-5H2,(H,11,14);6-7H,1-5,11H2,(H,12,14);1H4;1H/t2*6-;;/m00../s1. The summed E-state index contributed by atoms with van der Waals surface area (Å²) in [6.45, 7) is 0.762. The Bertz CT molecular complexity index is 536. The largest absolute Gasteiger partial charge is 0.350 e. The van der Waals surface area contributed by atoms with Crippen LogP contribution in [0.4, 0.5) is 17.6 Å². The number of nitrogens with two attached hydrogens (primary N) is 1. The first-order valence-corrected chi connectivity index (χ1v) is 9.42. The quantitative estimate of drug-likeness (QED) is 0.290. The minimum atomic E-state index is -2.54. The van der Waals surface area contributed by atoms with Gasteiger partial charge in [-0.3, -0.25) is 20.4 Å². The summed E-state index contributed by atoms with van der Waals surface area (Å²) >= 11 is 0. The van der Waals surface area contributed by atoms with Crippen molar-refractivity contribution in [3.05, 3.63) is 4.91 Å². The number of hydrazine groups is 1. The SMILES string of the molecule is C.Cl.NN1CCC[C@H](C(=O)NCC(F)F)C1.O=NN1CCC[C@H](C(=O)NCC(F)F)C1.